The third kappa shape index (κ3) is 4.05. The number of aryl methyl sites for hydroxylation is 1. The van der Waals surface area contributed by atoms with E-state index in [1.165, 1.54) is 17.7 Å². The summed E-state index contributed by atoms with van der Waals surface area (Å²) in [7, 11) is 0. The number of benzene rings is 2. The summed E-state index contributed by atoms with van der Waals surface area (Å²) in [6.45, 7) is 4.06. The topological polar surface area (TPSA) is 35.2 Å². The molecule has 0 saturated carbocycles. The Morgan fingerprint density at radius 3 is 2.43 bits per heavy atom. The Bertz CT molecular complexity index is 600. The van der Waals surface area contributed by atoms with E-state index >= 15 is 0 Å². The lowest BCUT2D eigenvalue weighted by molar-refractivity contribution is 0.169. The van der Waals surface area contributed by atoms with E-state index in [0.717, 1.165) is 12.0 Å². The Balaban J connectivity index is 2.30. The van der Waals surface area contributed by atoms with Gasteiger partial charge in [-0.1, -0.05) is 36.8 Å². The molecule has 0 heterocycles. The standard InChI is InChI=1S/C17H19BrFNO/c1-3-15(20)17(12-6-4-11(2)5-7-12)21-16-9-8-13(19)10-14(16)18/h4-10,15,17H,3,20H2,1-2H3. The van der Waals surface area contributed by atoms with Crippen LogP contribution in [0.25, 0.3) is 0 Å². The Labute approximate surface area is 133 Å². The minimum Gasteiger partial charge on any atom is -0.483 e. The van der Waals surface area contributed by atoms with Gasteiger partial charge in [0.2, 0.25) is 0 Å². The summed E-state index contributed by atoms with van der Waals surface area (Å²) in [4.78, 5) is 0. The van der Waals surface area contributed by atoms with Gasteiger partial charge in [-0.05, 0) is 53.0 Å². The average Bonchev–Trinajstić information content (AvgIpc) is 2.47. The van der Waals surface area contributed by atoms with Crippen molar-refractivity contribution < 1.29 is 9.13 Å². The molecule has 21 heavy (non-hydrogen) atoms. The monoisotopic (exact) mass is 351 g/mol. The molecule has 2 N–H and O–H groups in total. The van der Waals surface area contributed by atoms with Crippen molar-refractivity contribution >= 4 is 15.9 Å². The summed E-state index contributed by atoms with van der Waals surface area (Å²) < 4.78 is 19.8. The summed E-state index contributed by atoms with van der Waals surface area (Å²) in [6.07, 6.45) is 0.523. The maximum absolute atomic E-state index is 13.2. The van der Waals surface area contributed by atoms with E-state index in [9.17, 15) is 4.39 Å². The fourth-order valence-corrected chi connectivity index (χ4v) is 2.52. The van der Waals surface area contributed by atoms with Gasteiger partial charge >= 0.3 is 0 Å². The van der Waals surface area contributed by atoms with Crippen LogP contribution in [0, 0.1) is 12.7 Å². The molecule has 0 aliphatic carbocycles. The first-order valence-corrected chi connectivity index (χ1v) is 7.74. The largest absolute Gasteiger partial charge is 0.483 e. The van der Waals surface area contributed by atoms with Crippen LogP contribution in [0.4, 0.5) is 4.39 Å². The fourth-order valence-electron chi connectivity index (χ4n) is 2.08. The molecule has 0 spiro atoms. The number of rotatable bonds is 5. The Hall–Kier alpha value is -1.39. The maximum atomic E-state index is 13.2. The lowest BCUT2D eigenvalue weighted by Gasteiger charge is -2.25. The molecule has 2 unspecified atom stereocenters. The molecule has 2 nitrogen and oxygen atoms in total. The lowest BCUT2D eigenvalue weighted by atomic mass is 10.00. The Morgan fingerprint density at radius 1 is 1.19 bits per heavy atom. The van der Waals surface area contributed by atoms with E-state index in [0.29, 0.717) is 10.2 Å². The minimum absolute atomic E-state index is 0.135. The molecule has 0 amide bonds. The number of halogens is 2. The molecule has 112 valence electrons. The molecular weight excluding hydrogens is 333 g/mol. The first-order valence-electron chi connectivity index (χ1n) is 6.95. The van der Waals surface area contributed by atoms with E-state index in [1.54, 1.807) is 6.07 Å². The number of hydrogen-bond acceptors (Lipinski definition) is 2. The molecule has 0 radical (unpaired) electrons. The maximum Gasteiger partial charge on any atom is 0.139 e. The molecule has 4 heteroatoms. The van der Waals surface area contributed by atoms with Crippen LogP contribution in [0.1, 0.15) is 30.6 Å². The highest BCUT2D eigenvalue weighted by molar-refractivity contribution is 9.10. The van der Waals surface area contributed by atoms with Crippen LogP contribution >= 0.6 is 15.9 Å². The van der Waals surface area contributed by atoms with E-state index < -0.39 is 0 Å². The zero-order valence-electron chi connectivity index (χ0n) is 12.1. The highest BCUT2D eigenvalue weighted by Crippen LogP contribution is 2.31. The van der Waals surface area contributed by atoms with Crippen LogP contribution in [-0.4, -0.2) is 6.04 Å². The molecule has 0 saturated heterocycles. The Kier molecular flexibility index (Phi) is 5.37. The third-order valence-electron chi connectivity index (χ3n) is 3.41. The summed E-state index contributed by atoms with van der Waals surface area (Å²) in [5, 5.41) is 0. The minimum atomic E-state index is -0.305. The zero-order valence-corrected chi connectivity index (χ0v) is 13.7. The first-order chi connectivity index (χ1) is 10.0. The second-order valence-electron chi connectivity index (χ2n) is 5.10. The summed E-state index contributed by atoms with van der Waals surface area (Å²) >= 11 is 3.32. The smallest absolute Gasteiger partial charge is 0.139 e. The molecular formula is C17H19BrFNO. The van der Waals surface area contributed by atoms with Crippen molar-refractivity contribution in [2.45, 2.75) is 32.4 Å². The molecule has 0 aliphatic heterocycles. The third-order valence-corrected chi connectivity index (χ3v) is 4.03. The molecule has 0 bridgehead atoms. The molecule has 0 fully saturated rings. The van der Waals surface area contributed by atoms with Crippen molar-refractivity contribution in [2.24, 2.45) is 5.73 Å². The van der Waals surface area contributed by atoms with Gasteiger partial charge in [0.05, 0.1) is 4.47 Å². The second kappa shape index (κ2) is 7.05. The summed E-state index contributed by atoms with van der Waals surface area (Å²) in [5.74, 6) is 0.284. The van der Waals surface area contributed by atoms with E-state index in [-0.39, 0.29) is 18.0 Å². The van der Waals surface area contributed by atoms with Gasteiger partial charge in [-0.2, -0.15) is 0 Å². The van der Waals surface area contributed by atoms with E-state index in [2.05, 4.69) is 15.9 Å². The van der Waals surface area contributed by atoms with E-state index in [1.807, 2.05) is 38.1 Å². The fraction of sp³-hybridized carbons (Fsp3) is 0.294. The first kappa shape index (κ1) is 16.0. The van der Waals surface area contributed by atoms with Gasteiger partial charge < -0.3 is 10.5 Å². The van der Waals surface area contributed by atoms with Gasteiger partial charge in [0.15, 0.2) is 0 Å². The highest BCUT2D eigenvalue weighted by Gasteiger charge is 2.21. The lowest BCUT2D eigenvalue weighted by Crippen LogP contribution is -2.31. The van der Waals surface area contributed by atoms with Crippen LogP contribution < -0.4 is 10.5 Å². The average molecular weight is 352 g/mol. The van der Waals surface area contributed by atoms with Gasteiger partial charge in [-0.3, -0.25) is 0 Å². The van der Waals surface area contributed by atoms with Crippen LogP contribution in [0.2, 0.25) is 0 Å². The van der Waals surface area contributed by atoms with Crippen molar-refractivity contribution in [1.29, 1.82) is 0 Å². The number of hydrogen-bond donors (Lipinski definition) is 1. The van der Waals surface area contributed by atoms with Crippen molar-refractivity contribution in [2.75, 3.05) is 0 Å². The molecule has 2 rings (SSSR count). The number of nitrogens with two attached hydrogens (primary N) is 1. The normalized spacial score (nSPS) is 13.8. The second-order valence-corrected chi connectivity index (χ2v) is 5.95. The van der Waals surface area contributed by atoms with Crippen LogP contribution in [0.15, 0.2) is 46.9 Å². The van der Waals surface area contributed by atoms with Gasteiger partial charge in [-0.25, -0.2) is 4.39 Å². The van der Waals surface area contributed by atoms with Crippen molar-refractivity contribution in [3.8, 4) is 5.75 Å². The SMILES string of the molecule is CCC(N)C(Oc1ccc(F)cc1Br)c1ccc(C)cc1. The number of ether oxygens (including phenoxy) is 1. The van der Waals surface area contributed by atoms with Gasteiger partial charge in [-0.15, -0.1) is 0 Å². The molecule has 2 atom stereocenters. The quantitative estimate of drug-likeness (QED) is 0.843. The van der Waals surface area contributed by atoms with Crippen molar-refractivity contribution in [3.05, 3.63) is 63.9 Å². The van der Waals surface area contributed by atoms with Crippen LogP contribution in [0.5, 0.6) is 5.75 Å². The highest BCUT2D eigenvalue weighted by atomic mass is 79.9. The van der Waals surface area contributed by atoms with Gasteiger partial charge in [0.25, 0.3) is 0 Å². The molecule has 2 aromatic carbocycles. The van der Waals surface area contributed by atoms with Crippen LogP contribution in [-0.2, 0) is 0 Å². The molecule has 0 aliphatic rings. The zero-order chi connectivity index (χ0) is 15.4. The predicted molar refractivity (Wildman–Crippen MR) is 86.9 cm³/mol. The van der Waals surface area contributed by atoms with Crippen LogP contribution in [0.3, 0.4) is 0 Å². The van der Waals surface area contributed by atoms with Gasteiger partial charge in [0.1, 0.15) is 17.7 Å². The molecule has 2 aromatic rings. The van der Waals surface area contributed by atoms with Crippen molar-refractivity contribution in [1.82, 2.24) is 0 Å². The summed E-state index contributed by atoms with van der Waals surface area (Å²) in [5.41, 5.74) is 8.41. The summed E-state index contributed by atoms with van der Waals surface area (Å²) in [6, 6.07) is 12.4. The van der Waals surface area contributed by atoms with E-state index in [4.69, 9.17) is 10.5 Å². The van der Waals surface area contributed by atoms with Crippen molar-refractivity contribution in [3.63, 3.8) is 0 Å². The van der Waals surface area contributed by atoms with Gasteiger partial charge in [0, 0.05) is 6.04 Å². The predicted octanol–water partition coefficient (Wildman–Crippen LogP) is 4.75. The Morgan fingerprint density at radius 2 is 1.86 bits per heavy atom. The molecule has 0 aromatic heterocycles.